The Balaban J connectivity index is 2.04. The number of primary amides is 1. The van der Waals surface area contributed by atoms with Crippen LogP contribution in [0.25, 0.3) is 0 Å². The molecule has 7 heteroatoms. The summed E-state index contributed by atoms with van der Waals surface area (Å²) in [6, 6.07) is 4.67. The molecule has 1 amide bonds. The van der Waals surface area contributed by atoms with Gasteiger partial charge in [0, 0.05) is 18.0 Å². The van der Waals surface area contributed by atoms with Gasteiger partial charge in [0.1, 0.15) is 11.5 Å². The summed E-state index contributed by atoms with van der Waals surface area (Å²) in [5, 5.41) is 6.84. The summed E-state index contributed by atoms with van der Waals surface area (Å²) in [6.07, 6.45) is 0. The van der Waals surface area contributed by atoms with Gasteiger partial charge in [-0.15, -0.1) is 11.3 Å². The Morgan fingerprint density at radius 1 is 1.65 bits per heavy atom. The summed E-state index contributed by atoms with van der Waals surface area (Å²) in [7, 11) is 1.64. The second-order valence-corrected chi connectivity index (χ2v) is 4.58. The van der Waals surface area contributed by atoms with E-state index in [4.69, 9.17) is 5.73 Å². The summed E-state index contributed by atoms with van der Waals surface area (Å²) in [5.41, 5.74) is 5.49. The number of carbonyl (C=O) groups is 1. The van der Waals surface area contributed by atoms with Gasteiger partial charge in [0.2, 0.25) is 0 Å². The van der Waals surface area contributed by atoms with Crippen LogP contribution in [0.4, 0.5) is 10.2 Å². The van der Waals surface area contributed by atoms with E-state index in [-0.39, 0.29) is 5.13 Å². The highest BCUT2D eigenvalue weighted by atomic mass is 32.1. The van der Waals surface area contributed by atoms with E-state index in [0.717, 1.165) is 16.2 Å². The molecule has 0 aliphatic rings. The quantitative estimate of drug-likeness (QED) is 0.864. The van der Waals surface area contributed by atoms with Gasteiger partial charge in [0.05, 0.1) is 6.54 Å². The Morgan fingerprint density at radius 3 is 2.94 bits per heavy atom. The smallest absolute Gasteiger partial charge is 0.267 e. The maximum Gasteiger partial charge on any atom is 0.267 e. The Bertz CT molecular complexity index is 548. The molecule has 3 N–H and O–H groups in total. The minimum absolute atomic E-state index is 0.222. The van der Waals surface area contributed by atoms with Crippen LogP contribution in [0.1, 0.15) is 15.4 Å². The normalized spacial score (nSPS) is 10.5. The molecule has 2 aromatic heterocycles. The number of nitrogens with zero attached hydrogens (tertiary/aromatic N) is 2. The first kappa shape index (κ1) is 11.6. The number of thiophene rings is 1. The molecule has 5 nitrogen and oxygen atoms in total. The van der Waals surface area contributed by atoms with E-state index in [0.29, 0.717) is 18.1 Å². The predicted octanol–water partition coefficient (Wildman–Crippen LogP) is 1.33. The minimum Gasteiger partial charge on any atom is -0.364 e. The molecule has 0 bridgehead atoms. The van der Waals surface area contributed by atoms with E-state index in [1.807, 2.05) is 0 Å². The fraction of sp³-hybridized carbons (Fsp3) is 0.200. The van der Waals surface area contributed by atoms with Crippen LogP contribution in [0.15, 0.2) is 18.2 Å². The van der Waals surface area contributed by atoms with Crippen LogP contribution in [0.5, 0.6) is 0 Å². The highest BCUT2D eigenvalue weighted by Crippen LogP contribution is 2.16. The molecule has 2 heterocycles. The first-order valence-corrected chi connectivity index (χ1v) is 5.70. The molecule has 0 fully saturated rings. The van der Waals surface area contributed by atoms with Gasteiger partial charge in [-0.25, -0.2) is 0 Å². The molecule has 0 spiro atoms. The first-order chi connectivity index (χ1) is 8.06. The van der Waals surface area contributed by atoms with Crippen molar-refractivity contribution in [2.75, 3.05) is 5.32 Å². The van der Waals surface area contributed by atoms with Crippen molar-refractivity contribution in [3.8, 4) is 0 Å². The number of rotatable bonds is 4. The van der Waals surface area contributed by atoms with Crippen LogP contribution in [0.3, 0.4) is 0 Å². The molecule has 2 aromatic rings. The van der Waals surface area contributed by atoms with Gasteiger partial charge in [-0.2, -0.15) is 9.49 Å². The summed E-state index contributed by atoms with van der Waals surface area (Å²) in [5.74, 6) is 0.00493. The average Bonchev–Trinajstić information content (AvgIpc) is 2.82. The fourth-order valence-corrected chi connectivity index (χ4v) is 2.08. The first-order valence-electron chi connectivity index (χ1n) is 4.88. The van der Waals surface area contributed by atoms with Crippen molar-refractivity contribution < 1.29 is 9.18 Å². The van der Waals surface area contributed by atoms with Gasteiger partial charge in [-0.3, -0.25) is 9.48 Å². The molecular weight excluding hydrogens is 243 g/mol. The van der Waals surface area contributed by atoms with Crippen molar-refractivity contribution >= 4 is 23.1 Å². The Kier molecular flexibility index (Phi) is 3.10. The monoisotopic (exact) mass is 254 g/mol. The van der Waals surface area contributed by atoms with Crippen molar-refractivity contribution in [3.63, 3.8) is 0 Å². The lowest BCUT2D eigenvalue weighted by Gasteiger charge is -1.98. The van der Waals surface area contributed by atoms with Gasteiger partial charge in [-0.05, 0) is 12.1 Å². The van der Waals surface area contributed by atoms with E-state index in [2.05, 4.69) is 10.4 Å². The van der Waals surface area contributed by atoms with Crippen molar-refractivity contribution in [3.05, 3.63) is 33.9 Å². The zero-order chi connectivity index (χ0) is 12.4. The fourth-order valence-electron chi connectivity index (χ4n) is 1.41. The molecule has 0 unspecified atom stereocenters. The summed E-state index contributed by atoms with van der Waals surface area (Å²) in [4.78, 5) is 11.9. The molecule has 2 rings (SSSR count). The van der Waals surface area contributed by atoms with Gasteiger partial charge in [-0.1, -0.05) is 0 Å². The average molecular weight is 254 g/mol. The van der Waals surface area contributed by atoms with Crippen LogP contribution >= 0.6 is 11.3 Å². The number of hydrogen-bond acceptors (Lipinski definition) is 4. The molecule has 0 aliphatic carbocycles. The third-order valence-corrected chi connectivity index (χ3v) is 3.08. The topological polar surface area (TPSA) is 72.9 Å². The zero-order valence-corrected chi connectivity index (χ0v) is 9.92. The lowest BCUT2D eigenvalue weighted by Crippen LogP contribution is -2.15. The number of nitrogens with one attached hydrogen (secondary N) is 1. The van der Waals surface area contributed by atoms with Crippen LogP contribution in [-0.4, -0.2) is 15.7 Å². The van der Waals surface area contributed by atoms with Crippen molar-refractivity contribution in [2.24, 2.45) is 12.8 Å². The van der Waals surface area contributed by atoms with Gasteiger partial charge in [0.15, 0.2) is 5.13 Å². The van der Waals surface area contributed by atoms with Gasteiger partial charge in [0.25, 0.3) is 5.91 Å². The molecule has 0 atom stereocenters. The van der Waals surface area contributed by atoms with Crippen molar-refractivity contribution in [2.45, 2.75) is 6.54 Å². The van der Waals surface area contributed by atoms with Gasteiger partial charge >= 0.3 is 0 Å². The lowest BCUT2D eigenvalue weighted by atomic mass is 10.4. The van der Waals surface area contributed by atoms with Gasteiger partial charge < -0.3 is 11.1 Å². The highest BCUT2D eigenvalue weighted by molar-refractivity contribution is 7.10. The molecule has 0 saturated carbocycles. The van der Waals surface area contributed by atoms with E-state index < -0.39 is 5.91 Å². The minimum atomic E-state index is -0.532. The van der Waals surface area contributed by atoms with E-state index >= 15 is 0 Å². The summed E-state index contributed by atoms with van der Waals surface area (Å²) in [6.45, 7) is 0.462. The molecular formula is C10H11FN4OS. The van der Waals surface area contributed by atoms with E-state index in [9.17, 15) is 9.18 Å². The Hall–Kier alpha value is -1.89. The Morgan fingerprint density at radius 2 is 2.41 bits per heavy atom. The Labute approximate surface area is 101 Å². The van der Waals surface area contributed by atoms with Crippen LogP contribution in [-0.2, 0) is 13.6 Å². The van der Waals surface area contributed by atoms with E-state index in [1.165, 1.54) is 10.7 Å². The second kappa shape index (κ2) is 4.54. The molecule has 0 radical (unpaired) electrons. The van der Waals surface area contributed by atoms with Crippen LogP contribution < -0.4 is 11.1 Å². The third kappa shape index (κ3) is 2.62. The van der Waals surface area contributed by atoms with Crippen molar-refractivity contribution in [1.29, 1.82) is 0 Å². The summed E-state index contributed by atoms with van der Waals surface area (Å²) < 4.78 is 14.1. The number of aryl methyl sites for hydroxylation is 1. The SMILES string of the molecule is Cn1nc(NCc2ccc(F)s2)cc1C(N)=O. The summed E-state index contributed by atoms with van der Waals surface area (Å²) >= 11 is 1.07. The number of anilines is 1. The molecule has 0 aliphatic heterocycles. The third-order valence-electron chi connectivity index (χ3n) is 2.20. The molecule has 90 valence electrons. The number of aromatic nitrogens is 2. The largest absolute Gasteiger partial charge is 0.364 e. The number of hydrogen-bond donors (Lipinski definition) is 2. The number of nitrogens with two attached hydrogens (primary N) is 1. The predicted molar refractivity (Wildman–Crippen MR) is 63.3 cm³/mol. The van der Waals surface area contributed by atoms with E-state index in [1.54, 1.807) is 19.2 Å². The maximum atomic E-state index is 12.7. The van der Waals surface area contributed by atoms with Crippen LogP contribution in [0.2, 0.25) is 0 Å². The zero-order valence-electron chi connectivity index (χ0n) is 9.11. The highest BCUT2D eigenvalue weighted by Gasteiger charge is 2.09. The number of amides is 1. The van der Waals surface area contributed by atoms with Crippen LogP contribution in [0, 0.1) is 5.13 Å². The van der Waals surface area contributed by atoms with Crippen molar-refractivity contribution in [1.82, 2.24) is 9.78 Å². The molecule has 17 heavy (non-hydrogen) atoms. The molecule has 0 saturated heterocycles. The number of halogens is 1. The second-order valence-electron chi connectivity index (χ2n) is 3.46. The molecule has 0 aromatic carbocycles. The number of carbonyl (C=O) groups excluding carboxylic acids is 1. The lowest BCUT2D eigenvalue weighted by molar-refractivity contribution is 0.0991. The standard InChI is InChI=1S/C10H11FN4OS/c1-15-7(10(12)16)4-9(14-15)13-5-6-2-3-8(11)17-6/h2-4H,5H2,1H3,(H2,12,16)(H,13,14). The maximum absolute atomic E-state index is 12.7.